The molecule has 7 aromatic rings. The first-order valence-electron chi connectivity index (χ1n) is 15.7. The molecule has 1 heterocycles. The van der Waals surface area contributed by atoms with E-state index in [1.807, 2.05) is 54.6 Å². The molecule has 1 aliphatic heterocycles. The maximum Gasteiger partial charge on any atom is 0.266 e. The number of carbonyl (C=O) groups excluding carboxylic acids is 2. The van der Waals surface area contributed by atoms with Crippen molar-refractivity contribution in [1.29, 1.82) is 5.26 Å². The number of nitrogens with zero attached hydrogens (tertiary/aromatic N) is 2. The summed E-state index contributed by atoms with van der Waals surface area (Å²) in [6.07, 6.45) is 0. The monoisotopic (exact) mass is 597 g/mol. The maximum atomic E-state index is 14.5. The summed E-state index contributed by atoms with van der Waals surface area (Å²) in [5, 5.41) is 20.8. The predicted molar refractivity (Wildman–Crippen MR) is 188 cm³/mol. The molecular weight excluding hydrogens is 566 g/mol. The van der Waals surface area contributed by atoms with Gasteiger partial charge in [-0.3, -0.25) is 9.59 Å². The summed E-state index contributed by atoms with van der Waals surface area (Å²) in [6, 6.07) is 34.1. The van der Waals surface area contributed by atoms with Gasteiger partial charge in [-0.2, -0.15) is 5.26 Å². The molecule has 5 nitrogen and oxygen atoms in total. The van der Waals surface area contributed by atoms with Crippen molar-refractivity contribution in [2.24, 2.45) is 0 Å². The molecule has 8 rings (SSSR count). The summed E-state index contributed by atoms with van der Waals surface area (Å²) in [5.41, 5.74) is 6.29. The number of amides is 2. The highest BCUT2D eigenvalue weighted by molar-refractivity contribution is 6.42. The van der Waals surface area contributed by atoms with Gasteiger partial charge in [-0.25, -0.2) is 4.90 Å². The van der Waals surface area contributed by atoms with Crippen molar-refractivity contribution in [2.45, 2.75) is 39.5 Å². The average Bonchev–Trinajstić information content (AvgIpc) is 3.07. The molecule has 1 aliphatic rings. The van der Waals surface area contributed by atoms with E-state index in [2.05, 4.69) is 69.4 Å². The van der Waals surface area contributed by atoms with Crippen molar-refractivity contribution in [2.75, 3.05) is 10.2 Å². The van der Waals surface area contributed by atoms with Crippen molar-refractivity contribution in [3.8, 4) is 6.07 Å². The number of rotatable bonds is 5. The molecule has 1 N–H and O–H groups in total. The number of nitriles is 1. The Labute approximate surface area is 267 Å². The summed E-state index contributed by atoms with van der Waals surface area (Å²) in [7, 11) is 0. The van der Waals surface area contributed by atoms with Gasteiger partial charge < -0.3 is 5.32 Å². The molecule has 5 heteroatoms. The van der Waals surface area contributed by atoms with E-state index in [0.717, 1.165) is 71.3 Å². The minimum Gasteiger partial charge on any atom is -0.355 e. The van der Waals surface area contributed by atoms with Crippen LogP contribution in [0.2, 0.25) is 0 Å². The second kappa shape index (κ2) is 10.2. The molecule has 0 unspecified atom stereocenters. The minimum atomic E-state index is -0.276. The van der Waals surface area contributed by atoms with Gasteiger partial charge in [0.05, 0.1) is 17.3 Å². The molecule has 0 spiro atoms. The number of carbonyl (C=O) groups is 2. The molecule has 0 atom stereocenters. The number of hydrogen-bond acceptors (Lipinski definition) is 4. The lowest BCUT2D eigenvalue weighted by atomic mass is 9.83. The van der Waals surface area contributed by atoms with Crippen molar-refractivity contribution < 1.29 is 9.59 Å². The van der Waals surface area contributed by atoms with E-state index in [0.29, 0.717) is 16.7 Å². The molecule has 0 aromatic heterocycles. The molecule has 0 saturated heterocycles. The highest BCUT2D eigenvalue weighted by Crippen LogP contribution is 2.47. The van der Waals surface area contributed by atoms with Crippen LogP contribution >= 0.6 is 0 Å². The van der Waals surface area contributed by atoms with Crippen molar-refractivity contribution in [1.82, 2.24) is 0 Å². The van der Waals surface area contributed by atoms with E-state index in [9.17, 15) is 14.9 Å². The Hall–Kier alpha value is -5.73. The Morgan fingerprint density at radius 3 is 1.70 bits per heavy atom. The lowest BCUT2D eigenvalue weighted by Gasteiger charge is -2.32. The van der Waals surface area contributed by atoms with Gasteiger partial charge in [-0.15, -0.1) is 0 Å². The van der Waals surface area contributed by atoms with Crippen molar-refractivity contribution in [3.05, 3.63) is 125 Å². The smallest absolute Gasteiger partial charge is 0.266 e. The van der Waals surface area contributed by atoms with Crippen molar-refractivity contribution >= 4 is 72.0 Å². The molecule has 0 bridgehead atoms. The minimum absolute atomic E-state index is 0.138. The van der Waals surface area contributed by atoms with Crippen LogP contribution in [0, 0.1) is 11.3 Å². The molecule has 0 radical (unpaired) electrons. The Morgan fingerprint density at radius 1 is 0.587 bits per heavy atom. The number of hydrogen-bond donors (Lipinski definition) is 1. The zero-order chi connectivity index (χ0) is 31.9. The molecule has 0 saturated carbocycles. The molecule has 222 valence electrons. The van der Waals surface area contributed by atoms with Gasteiger partial charge in [0.1, 0.15) is 0 Å². The van der Waals surface area contributed by atoms with E-state index >= 15 is 0 Å². The third-order valence-corrected chi connectivity index (χ3v) is 9.51. The topological polar surface area (TPSA) is 73.2 Å². The quantitative estimate of drug-likeness (QED) is 0.122. The fraction of sp³-hybridized carbons (Fsp3) is 0.146. The van der Waals surface area contributed by atoms with Gasteiger partial charge in [0.2, 0.25) is 0 Å². The zero-order valence-corrected chi connectivity index (χ0v) is 26.1. The summed E-state index contributed by atoms with van der Waals surface area (Å²) in [4.78, 5) is 30.4. The second-order valence-electron chi connectivity index (χ2n) is 12.8. The number of benzene rings is 7. The summed E-state index contributed by atoms with van der Waals surface area (Å²) >= 11 is 0. The van der Waals surface area contributed by atoms with Crippen LogP contribution in [0.5, 0.6) is 0 Å². The Kier molecular flexibility index (Phi) is 6.13. The molecule has 0 aliphatic carbocycles. The van der Waals surface area contributed by atoms with Gasteiger partial charge in [0.25, 0.3) is 11.8 Å². The van der Waals surface area contributed by atoms with E-state index in [1.165, 1.54) is 4.90 Å². The SMILES string of the molecule is CC(C)c1cccc(C(C)C)c1N1C(=O)c2ccc3c4cccc5c(Nc6ccc(C#N)cc6)ccc(c6ccc(c2c36)C1=O)c54. The summed E-state index contributed by atoms with van der Waals surface area (Å²) < 4.78 is 0. The third-order valence-electron chi connectivity index (χ3n) is 9.51. The Bertz CT molecular complexity index is 2350. The first kappa shape index (κ1) is 27.8. The largest absolute Gasteiger partial charge is 0.355 e. The summed E-state index contributed by atoms with van der Waals surface area (Å²) in [5.74, 6) is -0.275. The average molecular weight is 598 g/mol. The van der Waals surface area contributed by atoms with E-state index < -0.39 is 0 Å². The fourth-order valence-electron chi connectivity index (χ4n) is 7.36. The van der Waals surface area contributed by atoms with Gasteiger partial charge in [-0.05, 0) is 97.7 Å². The van der Waals surface area contributed by atoms with Crippen molar-refractivity contribution in [3.63, 3.8) is 0 Å². The van der Waals surface area contributed by atoms with Crippen LogP contribution in [0.1, 0.15) is 76.9 Å². The first-order chi connectivity index (χ1) is 22.3. The second-order valence-corrected chi connectivity index (χ2v) is 12.8. The standard InChI is InChI=1S/C41H31N3O2/c1-22(2)26-7-5-8-27(23(3)4)39(26)44-40(45)33-17-15-30-28-9-6-10-32-35(43-25-13-11-24(21-42)12-14-25)20-19-29(36(28)32)31-16-18-34(41(44)46)38(33)37(30)31/h5-20,22-23,43H,1-4H3. The van der Waals surface area contributed by atoms with E-state index in [1.54, 1.807) is 12.1 Å². The molecule has 46 heavy (non-hydrogen) atoms. The lowest BCUT2D eigenvalue weighted by Crippen LogP contribution is -2.41. The van der Waals surface area contributed by atoms with Crippen LogP contribution in [0.3, 0.4) is 0 Å². The molecular formula is C41H31N3O2. The Balaban J connectivity index is 1.36. The third kappa shape index (κ3) is 3.87. The molecule has 2 amide bonds. The zero-order valence-electron chi connectivity index (χ0n) is 26.1. The van der Waals surface area contributed by atoms with Gasteiger partial charge in [0.15, 0.2) is 0 Å². The van der Waals surface area contributed by atoms with Crippen LogP contribution in [0.25, 0.3) is 43.1 Å². The van der Waals surface area contributed by atoms with Gasteiger partial charge in [-0.1, -0.05) is 82.3 Å². The normalized spacial score (nSPS) is 13.2. The highest BCUT2D eigenvalue weighted by Gasteiger charge is 2.38. The number of nitrogens with one attached hydrogen (secondary N) is 1. The fourth-order valence-corrected chi connectivity index (χ4v) is 7.36. The van der Waals surface area contributed by atoms with Crippen LogP contribution in [0.4, 0.5) is 17.1 Å². The predicted octanol–water partition coefficient (Wildman–Crippen LogP) is 10.4. The first-order valence-corrected chi connectivity index (χ1v) is 15.7. The number of fused-ring (bicyclic) bond motifs is 2. The number of anilines is 3. The highest BCUT2D eigenvalue weighted by atomic mass is 16.2. The van der Waals surface area contributed by atoms with Crippen LogP contribution in [-0.4, -0.2) is 11.8 Å². The molecule has 0 fully saturated rings. The maximum absolute atomic E-state index is 14.5. The molecule has 7 aromatic carbocycles. The van der Waals surface area contributed by atoms with E-state index in [-0.39, 0.29) is 23.7 Å². The van der Waals surface area contributed by atoms with Crippen LogP contribution in [-0.2, 0) is 0 Å². The number of imide groups is 1. The summed E-state index contributed by atoms with van der Waals surface area (Å²) in [6.45, 7) is 8.41. The Morgan fingerprint density at radius 2 is 1.11 bits per heavy atom. The van der Waals surface area contributed by atoms with Crippen LogP contribution < -0.4 is 10.2 Å². The lowest BCUT2D eigenvalue weighted by molar-refractivity contribution is 0.0893. The van der Waals surface area contributed by atoms with Gasteiger partial charge in [0, 0.05) is 33.3 Å². The van der Waals surface area contributed by atoms with Crippen LogP contribution in [0.15, 0.2) is 97.1 Å². The number of para-hydroxylation sites is 1. The van der Waals surface area contributed by atoms with E-state index in [4.69, 9.17) is 0 Å². The van der Waals surface area contributed by atoms with Gasteiger partial charge >= 0.3 is 0 Å².